The van der Waals surface area contributed by atoms with E-state index >= 15 is 0 Å². The summed E-state index contributed by atoms with van der Waals surface area (Å²) in [6.45, 7) is 1.83. The maximum absolute atomic E-state index is 10.7. The molecule has 60 valence electrons. The van der Waals surface area contributed by atoms with Crippen molar-refractivity contribution in [2.45, 2.75) is 19.8 Å². The van der Waals surface area contributed by atoms with Crippen molar-refractivity contribution in [3.05, 3.63) is 0 Å². The van der Waals surface area contributed by atoms with Crippen molar-refractivity contribution in [3.63, 3.8) is 0 Å². The second-order valence-corrected chi connectivity index (χ2v) is 1.83. The molecule has 0 spiro atoms. The van der Waals surface area contributed by atoms with Gasteiger partial charge in [0.2, 0.25) is 5.78 Å². The summed E-state index contributed by atoms with van der Waals surface area (Å²) in [6.07, 6.45) is 0.371. The minimum atomic E-state index is -0.541. The van der Waals surface area contributed by atoms with Crippen molar-refractivity contribution in [1.29, 1.82) is 0 Å². The molecule has 0 heterocycles. The van der Waals surface area contributed by atoms with Crippen LogP contribution in [0, 0.1) is 11.8 Å². The van der Waals surface area contributed by atoms with Gasteiger partial charge in [0.1, 0.15) is 6.42 Å². The van der Waals surface area contributed by atoms with Gasteiger partial charge in [0, 0.05) is 6.42 Å². The third-order valence-electron chi connectivity index (χ3n) is 0.937. The van der Waals surface area contributed by atoms with Crippen LogP contribution in [0.5, 0.6) is 0 Å². The quantitative estimate of drug-likeness (QED) is 0.252. The molecule has 0 unspecified atom stereocenters. The summed E-state index contributed by atoms with van der Waals surface area (Å²) >= 11 is 0. The maximum atomic E-state index is 10.7. The summed E-state index contributed by atoms with van der Waals surface area (Å²) in [5, 5.41) is 0. The highest BCUT2D eigenvalue weighted by molar-refractivity contribution is 6.05. The van der Waals surface area contributed by atoms with Gasteiger partial charge in [-0.2, -0.15) is 0 Å². The smallest absolute Gasteiger partial charge is 0.314 e. The van der Waals surface area contributed by atoms with Gasteiger partial charge in [-0.15, -0.1) is 0 Å². The summed E-state index contributed by atoms with van der Waals surface area (Å²) in [5.41, 5.74) is 0. The van der Waals surface area contributed by atoms with E-state index in [1.807, 2.05) is 6.92 Å². The Balaban J connectivity index is 3.79. The SMILES string of the molecule is CCC#CC(=O)CC(=O)OC. The molecule has 0 bridgehead atoms. The van der Waals surface area contributed by atoms with E-state index in [2.05, 4.69) is 16.6 Å². The first-order chi connectivity index (χ1) is 5.20. The van der Waals surface area contributed by atoms with Crippen molar-refractivity contribution < 1.29 is 14.3 Å². The second-order valence-electron chi connectivity index (χ2n) is 1.83. The molecule has 0 atom stereocenters. The minimum Gasteiger partial charge on any atom is -0.469 e. The lowest BCUT2D eigenvalue weighted by Gasteiger charge is -1.91. The van der Waals surface area contributed by atoms with Gasteiger partial charge in [-0.3, -0.25) is 9.59 Å². The van der Waals surface area contributed by atoms with E-state index in [-0.39, 0.29) is 6.42 Å². The fraction of sp³-hybridized carbons (Fsp3) is 0.500. The molecule has 0 aliphatic rings. The average molecular weight is 154 g/mol. The number of ether oxygens (including phenoxy) is 1. The molecule has 0 aromatic rings. The number of Topliss-reactive ketones (excluding diaryl/α,β-unsaturated/α-hetero) is 1. The molecule has 0 aliphatic heterocycles. The maximum Gasteiger partial charge on any atom is 0.314 e. The number of esters is 1. The zero-order valence-corrected chi connectivity index (χ0v) is 6.64. The van der Waals surface area contributed by atoms with E-state index in [9.17, 15) is 9.59 Å². The Morgan fingerprint density at radius 2 is 2.09 bits per heavy atom. The molecule has 0 fully saturated rings. The zero-order chi connectivity index (χ0) is 8.69. The first kappa shape index (κ1) is 9.70. The van der Waals surface area contributed by atoms with Gasteiger partial charge in [-0.05, 0) is 5.92 Å². The molecule has 11 heavy (non-hydrogen) atoms. The molecule has 0 rings (SSSR count). The van der Waals surface area contributed by atoms with Gasteiger partial charge in [0.05, 0.1) is 7.11 Å². The third kappa shape index (κ3) is 5.16. The number of carbonyl (C=O) groups excluding carboxylic acids is 2. The van der Waals surface area contributed by atoms with Crippen LogP contribution in [0.4, 0.5) is 0 Å². The standard InChI is InChI=1S/C8H10O3/c1-3-4-5-7(9)6-8(10)11-2/h3,6H2,1-2H3. The molecule has 3 nitrogen and oxygen atoms in total. The number of hydrogen-bond acceptors (Lipinski definition) is 3. The normalized spacial score (nSPS) is 7.82. The van der Waals surface area contributed by atoms with Crippen LogP contribution in [0.3, 0.4) is 0 Å². The summed E-state index contributed by atoms with van der Waals surface area (Å²) in [6, 6.07) is 0. The fourth-order valence-electron chi connectivity index (χ4n) is 0.434. The van der Waals surface area contributed by atoms with Crippen LogP contribution in [0.2, 0.25) is 0 Å². The third-order valence-corrected chi connectivity index (χ3v) is 0.937. The molecule has 0 N–H and O–H groups in total. The van der Waals surface area contributed by atoms with Crippen LogP contribution < -0.4 is 0 Å². The van der Waals surface area contributed by atoms with Crippen LogP contribution in [0.1, 0.15) is 19.8 Å². The summed E-state index contributed by atoms with van der Waals surface area (Å²) < 4.78 is 4.27. The highest BCUT2D eigenvalue weighted by Crippen LogP contribution is 1.85. The van der Waals surface area contributed by atoms with Gasteiger partial charge in [0.15, 0.2) is 0 Å². The van der Waals surface area contributed by atoms with Crippen molar-refractivity contribution in [3.8, 4) is 11.8 Å². The lowest BCUT2D eigenvalue weighted by Crippen LogP contribution is -2.06. The molecule has 0 amide bonds. The molecule has 0 radical (unpaired) electrons. The highest BCUT2D eigenvalue weighted by atomic mass is 16.5. The number of rotatable bonds is 2. The van der Waals surface area contributed by atoms with E-state index < -0.39 is 11.8 Å². The monoisotopic (exact) mass is 154 g/mol. The molecule has 0 aromatic heterocycles. The molecule has 0 aromatic carbocycles. The summed E-state index contributed by atoms with van der Waals surface area (Å²) in [4.78, 5) is 21.2. The average Bonchev–Trinajstić information content (AvgIpc) is 2.00. The van der Waals surface area contributed by atoms with E-state index in [0.717, 1.165) is 0 Å². The van der Waals surface area contributed by atoms with Gasteiger partial charge in [0.25, 0.3) is 0 Å². The highest BCUT2D eigenvalue weighted by Gasteiger charge is 2.05. The Hall–Kier alpha value is -1.30. The topological polar surface area (TPSA) is 43.4 Å². The van der Waals surface area contributed by atoms with Gasteiger partial charge in [-0.25, -0.2) is 0 Å². The lowest BCUT2D eigenvalue weighted by molar-refractivity contribution is -0.142. The molecule has 0 aliphatic carbocycles. The number of ketones is 1. The number of methoxy groups -OCH3 is 1. The largest absolute Gasteiger partial charge is 0.469 e. The molecule has 0 saturated carbocycles. The van der Waals surface area contributed by atoms with Crippen LogP contribution in [-0.2, 0) is 14.3 Å². The Labute approximate surface area is 65.7 Å². The fourth-order valence-corrected chi connectivity index (χ4v) is 0.434. The van der Waals surface area contributed by atoms with Crippen LogP contribution in [0.25, 0.3) is 0 Å². The van der Waals surface area contributed by atoms with Crippen LogP contribution >= 0.6 is 0 Å². The van der Waals surface area contributed by atoms with Crippen molar-refractivity contribution in [1.82, 2.24) is 0 Å². The van der Waals surface area contributed by atoms with Crippen LogP contribution in [0.15, 0.2) is 0 Å². The predicted octanol–water partition coefficient (Wildman–Crippen LogP) is 0.532. The molecule has 0 saturated heterocycles. The summed E-state index contributed by atoms with van der Waals surface area (Å²) in [7, 11) is 1.24. The Morgan fingerprint density at radius 1 is 1.45 bits per heavy atom. The minimum absolute atomic E-state index is 0.247. The molecular formula is C8H10O3. The van der Waals surface area contributed by atoms with E-state index in [4.69, 9.17) is 0 Å². The Kier molecular flexibility index (Phi) is 4.83. The Bertz CT molecular complexity index is 207. The second kappa shape index (κ2) is 5.48. The van der Waals surface area contributed by atoms with Gasteiger partial charge in [-0.1, -0.05) is 12.8 Å². The Morgan fingerprint density at radius 3 is 2.55 bits per heavy atom. The predicted molar refractivity (Wildman–Crippen MR) is 39.7 cm³/mol. The molecular weight excluding hydrogens is 144 g/mol. The first-order valence-corrected chi connectivity index (χ1v) is 3.29. The van der Waals surface area contributed by atoms with Crippen LogP contribution in [-0.4, -0.2) is 18.9 Å². The number of hydrogen-bond donors (Lipinski definition) is 0. The molecule has 3 heteroatoms. The van der Waals surface area contributed by atoms with Crippen molar-refractivity contribution in [2.24, 2.45) is 0 Å². The lowest BCUT2D eigenvalue weighted by atomic mass is 10.3. The van der Waals surface area contributed by atoms with Gasteiger partial charge >= 0.3 is 5.97 Å². The number of carbonyl (C=O) groups is 2. The van der Waals surface area contributed by atoms with Crippen molar-refractivity contribution in [2.75, 3.05) is 7.11 Å². The van der Waals surface area contributed by atoms with E-state index in [1.165, 1.54) is 7.11 Å². The first-order valence-electron chi connectivity index (χ1n) is 3.29. The van der Waals surface area contributed by atoms with Crippen molar-refractivity contribution >= 4 is 11.8 Å². The van der Waals surface area contributed by atoms with Gasteiger partial charge < -0.3 is 4.74 Å². The zero-order valence-electron chi connectivity index (χ0n) is 6.64. The summed E-state index contributed by atoms with van der Waals surface area (Å²) in [5.74, 6) is 3.95. The van der Waals surface area contributed by atoms with E-state index in [1.54, 1.807) is 0 Å². The van der Waals surface area contributed by atoms with E-state index in [0.29, 0.717) is 6.42 Å².